The van der Waals surface area contributed by atoms with Crippen LogP contribution in [-0.4, -0.2) is 18.0 Å². The molecule has 2 N–H and O–H groups in total. The molecule has 0 fully saturated rings. The van der Waals surface area contributed by atoms with Crippen molar-refractivity contribution in [2.45, 2.75) is 31.6 Å². The van der Waals surface area contributed by atoms with E-state index in [2.05, 4.69) is 15.0 Å². The van der Waals surface area contributed by atoms with E-state index >= 15 is 0 Å². The number of benzene rings is 1. The van der Waals surface area contributed by atoms with Gasteiger partial charge in [-0.3, -0.25) is 0 Å². The number of aromatic nitrogens is 2. The van der Waals surface area contributed by atoms with Gasteiger partial charge in [-0.15, -0.1) is 12.4 Å². The van der Waals surface area contributed by atoms with Crippen molar-refractivity contribution in [3.8, 4) is 0 Å². The molecule has 1 aromatic heterocycles. The lowest BCUT2D eigenvalue weighted by molar-refractivity contribution is 0.578. The maximum atomic E-state index is 12.2. The van der Waals surface area contributed by atoms with Gasteiger partial charge in [-0.05, 0) is 23.6 Å². The lowest BCUT2D eigenvalue weighted by atomic mass is 10.1. The lowest BCUT2D eigenvalue weighted by Gasteiger charge is -2.06. The van der Waals surface area contributed by atoms with Crippen LogP contribution in [-0.2, 0) is 36.7 Å². The molecule has 0 saturated carbocycles. The molecule has 1 aliphatic heterocycles. The van der Waals surface area contributed by atoms with Crippen molar-refractivity contribution >= 4 is 22.4 Å². The van der Waals surface area contributed by atoms with Gasteiger partial charge >= 0.3 is 0 Å². The molecule has 0 amide bonds. The van der Waals surface area contributed by atoms with Gasteiger partial charge in [0.05, 0.1) is 0 Å². The molecule has 0 saturated heterocycles. The minimum Gasteiger partial charge on any atom is -0.337 e. The number of nitrogens with zero attached hydrogens (tertiary/aromatic N) is 2. The van der Waals surface area contributed by atoms with Crippen molar-refractivity contribution in [2.24, 2.45) is 7.05 Å². The highest BCUT2D eigenvalue weighted by Crippen LogP contribution is 2.17. The molecular formula is C14H19ClN4O2S. The number of rotatable bonds is 4. The summed E-state index contributed by atoms with van der Waals surface area (Å²) in [5.74, 6) is 0.666. The highest BCUT2D eigenvalue weighted by atomic mass is 35.5. The normalized spacial score (nSPS) is 13.7. The van der Waals surface area contributed by atoms with Gasteiger partial charge in [0.2, 0.25) is 0 Å². The first-order valence-electron chi connectivity index (χ1n) is 6.77. The Hall–Kier alpha value is -1.41. The van der Waals surface area contributed by atoms with Gasteiger partial charge in [0.1, 0.15) is 5.82 Å². The summed E-state index contributed by atoms with van der Waals surface area (Å²) in [7, 11) is -1.80. The van der Waals surface area contributed by atoms with E-state index in [9.17, 15) is 8.42 Å². The third kappa shape index (κ3) is 3.33. The fourth-order valence-electron chi connectivity index (χ4n) is 2.37. The average Bonchev–Trinajstić information content (AvgIpc) is 3.04. The molecule has 120 valence electrons. The van der Waals surface area contributed by atoms with E-state index in [1.54, 1.807) is 18.5 Å². The van der Waals surface area contributed by atoms with Crippen molar-refractivity contribution < 1.29 is 8.42 Å². The zero-order valence-electron chi connectivity index (χ0n) is 12.5. The van der Waals surface area contributed by atoms with Crippen LogP contribution in [0.3, 0.4) is 0 Å². The highest BCUT2D eigenvalue weighted by Gasteiger charge is 2.18. The van der Waals surface area contributed by atoms with Crippen LogP contribution >= 0.6 is 12.4 Å². The molecule has 22 heavy (non-hydrogen) atoms. The van der Waals surface area contributed by atoms with Crippen LogP contribution < -0.4 is 10.0 Å². The average molecular weight is 343 g/mol. The Morgan fingerprint density at radius 2 is 2.05 bits per heavy atom. The zero-order valence-corrected chi connectivity index (χ0v) is 14.1. The minimum absolute atomic E-state index is 0. The number of hydrogen-bond donors (Lipinski definition) is 2. The van der Waals surface area contributed by atoms with Crippen molar-refractivity contribution in [2.75, 3.05) is 0 Å². The molecule has 2 aromatic rings. The van der Waals surface area contributed by atoms with Gasteiger partial charge in [0, 0.05) is 32.9 Å². The maximum Gasteiger partial charge on any atom is 0.259 e. The molecule has 0 spiro atoms. The molecule has 0 radical (unpaired) electrons. The van der Waals surface area contributed by atoms with Crippen LogP contribution in [0.15, 0.2) is 29.4 Å². The smallest absolute Gasteiger partial charge is 0.259 e. The zero-order chi connectivity index (χ0) is 15.0. The fourth-order valence-corrected chi connectivity index (χ4v) is 3.42. The Kier molecular flexibility index (Phi) is 4.91. The summed E-state index contributed by atoms with van der Waals surface area (Å²) in [6.45, 7) is 3.77. The third-order valence-corrected chi connectivity index (χ3v) is 5.00. The summed E-state index contributed by atoms with van der Waals surface area (Å²) in [6, 6.07) is 6.05. The summed E-state index contributed by atoms with van der Waals surface area (Å²) in [6.07, 6.45) is 1.52. The maximum absolute atomic E-state index is 12.2. The molecule has 6 nitrogen and oxygen atoms in total. The first-order valence-corrected chi connectivity index (χ1v) is 8.25. The first kappa shape index (κ1) is 17.0. The molecule has 0 bridgehead atoms. The summed E-state index contributed by atoms with van der Waals surface area (Å²) in [5.41, 5.74) is 3.47. The Labute approximate surface area is 136 Å². The molecule has 2 heterocycles. The Balaban J connectivity index is 0.00000176. The number of hydrogen-bond acceptors (Lipinski definition) is 4. The number of nitrogens with one attached hydrogen (secondary N) is 2. The largest absolute Gasteiger partial charge is 0.337 e. The van der Waals surface area contributed by atoms with Crippen LogP contribution in [0.2, 0.25) is 0 Å². The fraction of sp³-hybridized carbons (Fsp3) is 0.357. The van der Waals surface area contributed by atoms with E-state index in [0.29, 0.717) is 5.82 Å². The number of aryl methyl sites for hydroxylation is 2. The lowest BCUT2D eigenvalue weighted by Crippen LogP contribution is -2.23. The molecule has 3 rings (SSSR count). The topological polar surface area (TPSA) is 76.0 Å². The van der Waals surface area contributed by atoms with Gasteiger partial charge < -0.3 is 9.88 Å². The molecule has 1 aliphatic rings. The van der Waals surface area contributed by atoms with Gasteiger partial charge in [-0.25, -0.2) is 18.1 Å². The molecule has 0 aliphatic carbocycles. The predicted octanol–water partition coefficient (Wildman–Crippen LogP) is 1.23. The van der Waals surface area contributed by atoms with Crippen LogP contribution in [0.1, 0.15) is 22.5 Å². The second kappa shape index (κ2) is 6.37. The Bertz CT molecular complexity index is 767. The summed E-state index contributed by atoms with van der Waals surface area (Å²) < 4.78 is 28.7. The van der Waals surface area contributed by atoms with Crippen molar-refractivity contribution in [3.05, 3.63) is 46.9 Å². The minimum atomic E-state index is -3.57. The summed E-state index contributed by atoms with van der Waals surface area (Å²) in [5, 5.41) is 3.33. The Morgan fingerprint density at radius 1 is 1.32 bits per heavy atom. The standard InChI is InChI=1S/C14H18N4O2S.ClH/c1-10-17-14(9-18(10)2)21(19,20)16-6-11-3-4-12-7-15-8-13(12)5-11;/h3-5,9,15-16H,6-8H2,1-2H3;1H. The van der Waals surface area contributed by atoms with Crippen molar-refractivity contribution in [1.82, 2.24) is 19.6 Å². The second-order valence-corrected chi connectivity index (χ2v) is 6.98. The van der Waals surface area contributed by atoms with Gasteiger partial charge in [0.25, 0.3) is 10.0 Å². The molecule has 1 aromatic carbocycles. The molecule has 0 atom stereocenters. The van der Waals surface area contributed by atoms with Gasteiger partial charge in [0.15, 0.2) is 5.03 Å². The van der Waals surface area contributed by atoms with Crippen molar-refractivity contribution in [3.63, 3.8) is 0 Å². The molecule has 8 heteroatoms. The first-order chi connectivity index (χ1) is 9.95. The number of imidazole rings is 1. The monoisotopic (exact) mass is 342 g/mol. The number of fused-ring (bicyclic) bond motifs is 1. The van der Waals surface area contributed by atoms with E-state index < -0.39 is 10.0 Å². The third-order valence-electron chi connectivity index (χ3n) is 3.73. The van der Waals surface area contributed by atoms with Crippen LogP contribution in [0.25, 0.3) is 0 Å². The quantitative estimate of drug-likeness (QED) is 0.876. The predicted molar refractivity (Wildman–Crippen MR) is 86.2 cm³/mol. The Morgan fingerprint density at radius 3 is 2.73 bits per heavy atom. The van der Waals surface area contributed by atoms with E-state index in [0.717, 1.165) is 18.7 Å². The highest BCUT2D eigenvalue weighted by molar-refractivity contribution is 7.89. The van der Waals surface area contributed by atoms with E-state index in [1.165, 1.54) is 17.3 Å². The molecule has 0 unspecified atom stereocenters. The van der Waals surface area contributed by atoms with Crippen LogP contribution in [0.4, 0.5) is 0 Å². The van der Waals surface area contributed by atoms with E-state index in [1.807, 2.05) is 18.2 Å². The SMILES string of the molecule is Cc1nc(S(=O)(=O)NCc2ccc3c(c2)CNC3)cn1C.Cl. The molecular weight excluding hydrogens is 324 g/mol. The number of halogens is 1. The van der Waals surface area contributed by atoms with Crippen LogP contribution in [0, 0.1) is 6.92 Å². The van der Waals surface area contributed by atoms with E-state index in [4.69, 9.17) is 0 Å². The second-order valence-electron chi connectivity index (χ2n) is 5.27. The van der Waals surface area contributed by atoms with Gasteiger partial charge in [-0.2, -0.15) is 0 Å². The van der Waals surface area contributed by atoms with E-state index in [-0.39, 0.29) is 24.0 Å². The summed E-state index contributed by atoms with van der Waals surface area (Å²) in [4.78, 5) is 4.05. The van der Waals surface area contributed by atoms with Crippen LogP contribution in [0.5, 0.6) is 0 Å². The van der Waals surface area contributed by atoms with Crippen molar-refractivity contribution in [1.29, 1.82) is 0 Å². The van der Waals surface area contributed by atoms with Gasteiger partial charge in [-0.1, -0.05) is 18.2 Å². The summed E-state index contributed by atoms with van der Waals surface area (Å²) >= 11 is 0. The number of sulfonamides is 1.